The first-order valence-electron chi connectivity index (χ1n) is 4.99. The van der Waals surface area contributed by atoms with Crippen molar-refractivity contribution in [1.82, 2.24) is 0 Å². The third-order valence-electron chi connectivity index (χ3n) is 2.60. The Bertz CT molecular complexity index is 365. The summed E-state index contributed by atoms with van der Waals surface area (Å²) < 4.78 is 38.3. The lowest BCUT2D eigenvalue weighted by atomic mass is 9.94. The Morgan fingerprint density at radius 1 is 1.38 bits per heavy atom. The number of benzene rings is 1. The predicted octanol–water partition coefficient (Wildman–Crippen LogP) is 3.76. The minimum Gasteiger partial charge on any atom is -0.303 e. The molecular weight excluding hydrogens is 217 g/mol. The van der Waals surface area contributed by atoms with E-state index in [9.17, 15) is 18.0 Å². The van der Waals surface area contributed by atoms with Gasteiger partial charge in [0.25, 0.3) is 6.43 Å². The van der Waals surface area contributed by atoms with Gasteiger partial charge in [0.1, 0.15) is 12.1 Å². The molecule has 1 atom stereocenters. The summed E-state index contributed by atoms with van der Waals surface area (Å²) in [5.74, 6) is -1.06. The molecule has 1 aromatic carbocycles. The number of rotatable bonds is 4. The molecule has 0 radical (unpaired) electrons. The van der Waals surface area contributed by atoms with Gasteiger partial charge in [0.15, 0.2) is 0 Å². The fraction of sp³-hybridized carbons (Fsp3) is 0.417. The highest BCUT2D eigenvalue weighted by Crippen LogP contribution is 2.29. The second kappa shape index (κ2) is 5.14. The maximum absolute atomic E-state index is 13.4. The predicted molar refractivity (Wildman–Crippen MR) is 55.2 cm³/mol. The second-order valence-electron chi connectivity index (χ2n) is 3.84. The van der Waals surface area contributed by atoms with Crippen LogP contribution in [0.3, 0.4) is 0 Å². The lowest BCUT2D eigenvalue weighted by Gasteiger charge is -2.13. The van der Waals surface area contributed by atoms with E-state index in [2.05, 4.69) is 0 Å². The van der Waals surface area contributed by atoms with E-state index >= 15 is 0 Å². The van der Waals surface area contributed by atoms with Gasteiger partial charge in [-0.3, -0.25) is 0 Å². The largest absolute Gasteiger partial charge is 0.303 e. The standard InChI is InChI=1S/C12H13F3O/c1-7(3-4-16)9-5-8(2)11(12(14)15)10(13)6-9/h4-7,12H,3H2,1-2H3. The lowest BCUT2D eigenvalue weighted by Crippen LogP contribution is -2.01. The molecule has 0 spiro atoms. The molecule has 1 aromatic rings. The quantitative estimate of drug-likeness (QED) is 0.719. The molecule has 1 unspecified atom stereocenters. The molecule has 1 nitrogen and oxygen atoms in total. The summed E-state index contributed by atoms with van der Waals surface area (Å²) in [5, 5.41) is 0. The highest BCUT2D eigenvalue weighted by Gasteiger charge is 2.18. The number of aldehydes is 1. The molecule has 0 N–H and O–H groups in total. The van der Waals surface area contributed by atoms with Crippen molar-refractivity contribution < 1.29 is 18.0 Å². The first kappa shape index (κ1) is 12.7. The lowest BCUT2D eigenvalue weighted by molar-refractivity contribution is -0.108. The average Bonchev–Trinajstić information content (AvgIpc) is 2.16. The summed E-state index contributed by atoms with van der Waals surface area (Å²) in [6.07, 6.45) is -1.82. The van der Waals surface area contributed by atoms with Crippen molar-refractivity contribution in [2.45, 2.75) is 32.6 Å². The third-order valence-corrected chi connectivity index (χ3v) is 2.60. The van der Waals surface area contributed by atoms with Crippen LogP contribution in [0.15, 0.2) is 12.1 Å². The molecule has 0 heterocycles. The van der Waals surface area contributed by atoms with Crippen molar-refractivity contribution in [3.05, 3.63) is 34.6 Å². The van der Waals surface area contributed by atoms with Gasteiger partial charge in [-0.25, -0.2) is 13.2 Å². The van der Waals surface area contributed by atoms with Gasteiger partial charge in [-0.05, 0) is 30.0 Å². The van der Waals surface area contributed by atoms with E-state index in [1.807, 2.05) is 0 Å². The molecule has 1 rings (SSSR count). The number of carbonyl (C=O) groups excluding carboxylic acids is 1. The highest BCUT2D eigenvalue weighted by molar-refractivity contribution is 5.51. The highest BCUT2D eigenvalue weighted by atomic mass is 19.3. The number of carbonyl (C=O) groups is 1. The molecule has 0 aliphatic carbocycles. The Morgan fingerprint density at radius 2 is 2.00 bits per heavy atom. The molecule has 4 heteroatoms. The van der Waals surface area contributed by atoms with Crippen LogP contribution in [0.2, 0.25) is 0 Å². The van der Waals surface area contributed by atoms with Crippen molar-refractivity contribution in [2.24, 2.45) is 0 Å². The van der Waals surface area contributed by atoms with Crippen LogP contribution in [0.4, 0.5) is 13.2 Å². The zero-order chi connectivity index (χ0) is 12.3. The number of hydrogen-bond donors (Lipinski definition) is 0. The first-order valence-corrected chi connectivity index (χ1v) is 4.99. The van der Waals surface area contributed by atoms with Gasteiger partial charge in [-0.15, -0.1) is 0 Å². The third kappa shape index (κ3) is 2.62. The summed E-state index contributed by atoms with van der Waals surface area (Å²) >= 11 is 0. The Hall–Kier alpha value is -1.32. The zero-order valence-electron chi connectivity index (χ0n) is 9.14. The SMILES string of the molecule is Cc1cc(C(C)CC=O)cc(F)c1C(F)F. The van der Waals surface area contributed by atoms with Crippen molar-refractivity contribution in [2.75, 3.05) is 0 Å². The minimum absolute atomic E-state index is 0.155. The fourth-order valence-corrected chi connectivity index (χ4v) is 1.62. The van der Waals surface area contributed by atoms with Crippen molar-refractivity contribution in [3.63, 3.8) is 0 Å². The van der Waals surface area contributed by atoms with Crippen LogP contribution in [0.5, 0.6) is 0 Å². The number of alkyl halides is 2. The van der Waals surface area contributed by atoms with Gasteiger partial charge < -0.3 is 4.79 Å². The van der Waals surface area contributed by atoms with E-state index < -0.39 is 17.8 Å². The van der Waals surface area contributed by atoms with Gasteiger partial charge in [-0.2, -0.15) is 0 Å². The molecule has 0 saturated carbocycles. The normalized spacial score (nSPS) is 12.9. The van der Waals surface area contributed by atoms with Crippen molar-refractivity contribution in [1.29, 1.82) is 0 Å². The van der Waals surface area contributed by atoms with Gasteiger partial charge in [0.05, 0.1) is 5.56 Å². The second-order valence-corrected chi connectivity index (χ2v) is 3.84. The van der Waals surface area contributed by atoms with Gasteiger partial charge >= 0.3 is 0 Å². The number of halogens is 3. The number of hydrogen-bond acceptors (Lipinski definition) is 1. The molecule has 0 aromatic heterocycles. The Balaban J connectivity index is 3.14. The molecule has 0 bridgehead atoms. The topological polar surface area (TPSA) is 17.1 Å². The summed E-state index contributed by atoms with van der Waals surface area (Å²) in [6, 6.07) is 2.60. The fourth-order valence-electron chi connectivity index (χ4n) is 1.62. The monoisotopic (exact) mass is 230 g/mol. The van der Waals surface area contributed by atoms with Crippen LogP contribution in [0.25, 0.3) is 0 Å². The van der Waals surface area contributed by atoms with Gasteiger partial charge in [-0.1, -0.05) is 13.0 Å². The Kier molecular flexibility index (Phi) is 4.10. The van der Waals surface area contributed by atoms with Crippen LogP contribution < -0.4 is 0 Å². The molecule has 0 amide bonds. The van der Waals surface area contributed by atoms with Crippen LogP contribution in [0.1, 0.15) is 42.4 Å². The molecule has 16 heavy (non-hydrogen) atoms. The minimum atomic E-state index is -2.81. The summed E-state index contributed by atoms with van der Waals surface area (Å²) in [5.41, 5.74) is 0.247. The van der Waals surface area contributed by atoms with E-state index in [-0.39, 0.29) is 17.9 Å². The first-order chi connectivity index (χ1) is 7.47. The van der Waals surface area contributed by atoms with E-state index in [1.54, 1.807) is 6.92 Å². The smallest absolute Gasteiger partial charge is 0.266 e. The maximum Gasteiger partial charge on any atom is 0.266 e. The Morgan fingerprint density at radius 3 is 2.44 bits per heavy atom. The van der Waals surface area contributed by atoms with E-state index in [4.69, 9.17) is 0 Å². The van der Waals surface area contributed by atoms with E-state index in [1.165, 1.54) is 13.0 Å². The molecule has 0 fully saturated rings. The van der Waals surface area contributed by atoms with E-state index in [0.717, 1.165) is 12.4 Å². The molecule has 0 aliphatic heterocycles. The zero-order valence-corrected chi connectivity index (χ0v) is 9.14. The van der Waals surface area contributed by atoms with Gasteiger partial charge in [0, 0.05) is 6.42 Å². The van der Waals surface area contributed by atoms with Crippen LogP contribution in [0, 0.1) is 12.7 Å². The molecule has 0 saturated heterocycles. The number of aryl methyl sites for hydroxylation is 1. The van der Waals surface area contributed by atoms with Gasteiger partial charge in [0.2, 0.25) is 0 Å². The summed E-state index contributed by atoms with van der Waals surface area (Å²) in [4.78, 5) is 10.3. The molecule has 88 valence electrons. The molecule has 0 aliphatic rings. The van der Waals surface area contributed by atoms with E-state index in [0.29, 0.717) is 5.56 Å². The van der Waals surface area contributed by atoms with Crippen LogP contribution in [-0.4, -0.2) is 6.29 Å². The summed E-state index contributed by atoms with van der Waals surface area (Å²) in [6.45, 7) is 3.20. The Labute approximate surface area is 92.3 Å². The maximum atomic E-state index is 13.4. The van der Waals surface area contributed by atoms with Crippen molar-refractivity contribution >= 4 is 6.29 Å². The van der Waals surface area contributed by atoms with Crippen LogP contribution >= 0.6 is 0 Å². The summed E-state index contributed by atoms with van der Waals surface area (Å²) in [7, 11) is 0. The van der Waals surface area contributed by atoms with Crippen molar-refractivity contribution in [3.8, 4) is 0 Å². The molecular formula is C12H13F3O. The average molecular weight is 230 g/mol. The van der Waals surface area contributed by atoms with Crippen LogP contribution in [-0.2, 0) is 4.79 Å².